The van der Waals surface area contributed by atoms with Crippen molar-refractivity contribution in [2.24, 2.45) is 0 Å². The minimum absolute atomic E-state index is 0.619. The Hall–Kier alpha value is -0.510. The molecule has 0 saturated heterocycles. The molecule has 0 unspecified atom stereocenters. The Labute approximate surface area is 95.1 Å². The van der Waals surface area contributed by atoms with Gasteiger partial charge >= 0.3 is 0 Å². The standard InChI is InChI=1S/C10H7ClOS2/c1-13-9-5-14-10-6(4-12)2-7(11)3-8(9)10/h2-5H,1H3. The second kappa shape index (κ2) is 3.93. The molecule has 0 amide bonds. The predicted octanol–water partition coefficient (Wildman–Crippen LogP) is 4.09. The molecule has 14 heavy (non-hydrogen) atoms. The van der Waals surface area contributed by atoms with Crippen molar-refractivity contribution >= 4 is 51.1 Å². The first-order valence-electron chi connectivity index (χ1n) is 3.96. The Morgan fingerprint density at radius 2 is 2.29 bits per heavy atom. The van der Waals surface area contributed by atoms with Crippen molar-refractivity contribution in [1.29, 1.82) is 0 Å². The Bertz CT molecular complexity index is 490. The molecule has 72 valence electrons. The van der Waals surface area contributed by atoms with Crippen LogP contribution in [0.25, 0.3) is 10.1 Å². The lowest BCUT2D eigenvalue weighted by Gasteiger charge is -1.97. The van der Waals surface area contributed by atoms with Crippen LogP contribution < -0.4 is 0 Å². The maximum atomic E-state index is 10.8. The molecule has 0 aliphatic heterocycles. The summed E-state index contributed by atoms with van der Waals surface area (Å²) >= 11 is 9.18. The van der Waals surface area contributed by atoms with E-state index in [1.807, 2.05) is 12.3 Å². The number of thioether (sulfide) groups is 1. The number of thiophene rings is 1. The topological polar surface area (TPSA) is 17.1 Å². The van der Waals surface area contributed by atoms with Gasteiger partial charge in [-0.05, 0) is 18.4 Å². The summed E-state index contributed by atoms with van der Waals surface area (Å²) in [4.78, 5) is 12.0. The molecule has 0 bridgehead atoms. The smallest absolute Gasteiger partial charge is 0.151 e. The Morgan fingerprint density at radius 3 is 2.93 bits per heavy atom. The average Bonchev–Trinajstić information content (AvgIpc) is 2.59. The normalized spacial score (nSPS) is 10.7. The first kappa shape index (κ1) is 10.0. The molecule has 0 aliphatic rings. The van der Waals surface area contributed by atoms with Gasteiger partial charge in [0.15, 0.2) is 6.29 Å². The van der Waals surface area contributed by atoms with Gasteiger partial charge in [0.1, 0.15) is 0 Å². The zero-order chi connectivity index (χ0) is 10.1. The van der Waals surface area contributed by atoms with E-state index in [1.54, 1.807) is 29.2 Å². The third-order valence-corrected chi connectivity index (χ3v) is 4.17. The van der Waals surface area contributed by atoms with Crippen molar-refractivity contribution < 1.29 is 4.79 Å². The molecule has 0 aliphatic carbocycles. The summed E-state index contributed by atoms with van der Waals surface area (Å²) in [7, 11) is 0. The fourth-order valence-corrected chi connectivity index (χ4v) is 3.44. The summed E-state index contributed by atoms with van der Waals surface area (Å²) in [5, 5.41) is 3.75. The second-order valence-corrected chi connectivity index (χ2v) is 4.96. The van der Waals surface area contributed by atoms with Crippen LogP contribution in [-0.4, -0.2) is 12.5 Å². The lowest BCUT2D eigenvalue weighted by molar-refractivity contribution is 0.112. The van der Waals surface area contributed by atoms with Crippen molar-refractivity contribution in [2.45, 2.75) is 4.90 Å². The van der Waals surface area contributed by atoms with Crippen LogP contribution in [0.1, 0.15) is 10.4 Å². The molecular weight excluding hydrogens is 236 g/mol. The quantitative estimate of drug-likeness (QED) is 0.583. The average molecular weight is 243 g/mol. The molecule has 0 spiro atoms. The van der Waals surface area contributed by atoms with E-state index in [2.05, 4.69) is 5.38 Å². The van der Waals surface area contributed by atoms with Crippen LogP contribution in [0.3, 0.4) is 0 Å². The number of halogens is 1. The van der Waals surface area contributed by atoms with Crippen LogP contribution in [0.4, 0.5) is 0 Å². The first-order valence-corrected chi connectivity index (χ1v) is 6.44. The highest BCUT2D eigenvalue weighted by Gasteiger charge is 2.08. The predicted molar refractivity (Wildman–Crippen MR) is 64.0 cm³/mol. The van der Waals surface area contributed by atoms with E-state index in [-0.39, 0.29) is 0 Å². The number of hydrogen-bond donors (Lipinski definition) is 0. The molecule has 1 aromatic carbocycles. The number of carbonyl (C=O) groups excluding carboxylic acids is 1. The maximum absolute atomic E-state index is 10.8. The minimum atomic E-state index is 0.619. The number of hydrogen-bond acceptors (Lipinski definition) is 3. The van der Waals surface area contributed by atoms with E-state index in [4.69, 9.17) is 11.6 Å². The van der Waals surface area contributed by atoms with Crippen molar-refractivity contribution in [3.8, 4) is 0 Å². The number of benzene rings is 1. The summed E-state index contributed by atoms with van der Waals surface area (Å²) in [5.41, 5.74) is 0.679. The van der Waals surface area contributed by atoms with Crippen LogP contribution in [0.15, 0.2) is 22.4 Å². The van der Waals surface area contributed by atoms with Gasteiger partial charge < -0.3 is 0 Å². The fourth-order valence-electron chi connectivity index (χ4n) is 1.35. The largest absolute Gasteiger partial charge is 0.298 e. The SMILES string of the molecule is CSc1csc2c(C=O)cc(Cl)cc12. The van der Waals surface area contributed by atoms with Gasteiger partial charge in [-0.15, -0.1) is 23.1 Å². The third-order valence-electron chi connectivity index (χ3n) is 1.98. The molecule has 0 fully saturated rings. The summed E-state index contributed by atoms with van der Waals surface area (Å²) in [6, 6.07) is 3.61. The van der Waals surface area contributed by atoms with Gasteiger partial charge in [-0.25, -0.2) is 0 Å². The minimum Gasteiger partial charge on any atom is -0.298 e. The van der Waals surface area contributed by atoms with Crippen LogP contribution >= 0.6 is 34.7 Å². The highest BCUT2D eigenvalue weighted by Crippen LogP contribution is 2.35. The lowest BCUT2D eigenvalue weighted by atomic mass is 10.2. The van der Waals surface area contributed by atoms with Gasteiger partial charge in [-0.3, -0.25) is 4.79 Å². The van der Waals surface area contributed by atoms with Crippen LogP contribution in [0, 0.1) is 0 Å². The van der Waals surface area contributed by atoms with Crippen LogP contribution in [0.2, 0.25) is 5.02 Å². The maximum Gasteiger partial charge on any atom is 0.151 e. The molecule has 1 nitrogen and oxygen atoms in total. The molecule has 1 heterocycles. The van der Waals surface area contributed by atoms with Gasteiger partial charge in [-0.1, -0.05) is 11.6 Å². The second-order valence-electron chi connectivity index (χ2n) is 2.79. The van der Waals surface area contributed by atoms with Gasteiger partial charge in [0, 0.05) is 30.9 Å². The summed E-state index contributed by atoms with van der Waals surface area (Å²) < 4.78 is 1.02. The monoisotopic (exact) mass is 242 g/mol. The Balaban J connectivity index is 2.83. The molecule has 4 heteroatoms. The van der Waals surface area contributed by atoms with E-state index >= 15 is 0 Å². The highest BCUT2D eigenvalue weighted by atomic mass is 35.5. The molecule has 1 aromatic heterocycles. The molecule has 0 N–H and O–H groups in total. The Morgan fingerprint density at radius 1 is 1.50 bits per heavy atom. The van der Waals surface area contributed by atoms with Crippen molar-refractivity contribution in [3.63, 3.8) is 0 Å². The summed E-state index contributed by atoms with van der Waals surface area (Å²) in [6.45, 7) is 0. The van der Waals surface area contributed by atoms with Crippen molar-refractivity contribution in [1.82, 2.24) is 0 Å². The van der Waals surface area contributed by atoms with E-state index in [9.17, 15) is 4.79 Å². The summed E-state index contributed by atoms with van der Waals surface area (Å²) in [6.07, 6.45) is 2.87. The molecule has 2 aromatic rings. The Kier molecular flexibility index (Phi) is 2.81. The number of carbonyl (C=O) groups is 1. The van der Waals surface area contributed by atoms with E-state index in [0.29, 0.717) is 10.6 Å². The zero-order valence-electron chi connectivity index (χ0n) is 7.41. The van der Waals surface area contributed by atoms with Gasteiger partial charge in [-0.2, -0.15) is 0 Å². The first-order chi connectivity index (χ1) is 6.76. The van der Waals surface area contributed by atoms with E-state index < -0.39 is 0 Å². The molecule has 0 atom stereocenters. The third kappa shape index (κ3) is 1.56. The van der Waals surface area contributed by atoms with E-state index in [0.717, 1.165) is 16.4 Å². The fraction of sp³-hybridized carbons (Fsp3) is 0.100. The number of rotatable bonds is 2. The van der Waals surface area contributed by atoms with Gasteiger partial charge in [0.2, 0.25) is 0 Å². The van der Waals surface area contributed by atoms with Crippen LogP contribution in [-0.2, 0) is 0 Å². The van der Waals surface area contributed by atoms with Crippen molar-refractivity contribution in [3.05, 3.63) is 28.1 Å². The highest BCUT2D eigenvalue weighted by molar-refractivity contribution is 7.99. The van der Waals surface area contributed by atoms with Crippen LogP contribution in [0.5, 0.6) is 0 Å². The molecule has 0 saturated carbocycles. The van der Waals surface area contributed by atoms with E-state index in [1.165, 1.54) is 4.90 Å². The molecular formula is C10H7ClOS2. The molecule has 2 rings (SSSR count). The number of fused-ring (bicyclic) bond motifs is 1. The molecule has 0 radical (unpaired) electrons. The van der Waals surface area contributed by atoms with Gasteiger partial charge in [0.05, 0.1) is 0 Å². The van der Waals surface area contributed by atoms with Crippen molar-refractivity contribution in [2.75, 3.05) is 6.26 Å². The summed E-state index contributed by atoms with van der Waals surface area (Å²) in [5.74, 6) is 0. The van der Waals surface area contributed by atoms with Gasteiger partial charge in [0.25, 0.3) is 0 Å². The zero-order valence-corrected chi connectivity index (χ0v) is 9.80. The number of aldehydes is 1. The lowest BCUT2D eigenvalue weighted by Crippen LogP contribution is -1.79.